The summed E-state index contributed by atoms with van der Waals surface area (Å²) < 4.78 is 17.9. The molecule has 0 N–H and O–H groups in total. The Morgan fingerprint density at radius 3 is 2.24 bits per heavy atom. The van der Waals surface area contributed by atoms with Crippen LogP contribution in [0.5, 0.6) is 5.75 Å². The molecule has 2 aliphatic rings. The molecule has 0 aromatic heterocycles. The van der Waals surface area contributed by atoms with Gasteiger partial charge < -0.3 is 19.1 Å². The second kappa shape index (κ2) is 15.7. The van der Waals surface area contributed by atoms with Gasteiger partial charge in [0.25, 0.3) is 0 Å². The quantitative estimate of drug-likeness (QED) is 0.207. The number of benzene rings is 1. The first-order valence-corrected chi connectivity index (χ1v) is 16.2. The molecule has 0 unspecified atom stereocenters. The molecule has 3 rings (SSSR count). The normalized spacial score (nSPS) is 19.6. The van der Waals surface area contributed by atoms with Crippen LogP contribution in [0, 0.1) is 28.1 Å². The monoisotopic (exact) mass is 609 g/mol. The Hall–Kier alpha value is -4.16. The van der Waals surface area contributed by atoms with E-state index in [-0.39, 0.29) is 5.41 Å². The van der Waals surface area contributed by atoms with Crippen LogP contribution >= 0.6 is 0 Å². The van der Waals surface area contributed by atoms with Crippen molar-refractivity contribution < 1.29 is 14.2 Å². The average molecular weight is 610 g/mol. The summed E-state index contributed by atoms with van der Waals surface area (Å²) >= 11 is 0. The van der Waals surface area contributed by atoms with Gasteiger partial charge in [0.2, 0.25) is 0 Å². The zero-order chi connectivity index (χ0) is 33.2. The molecule has 1 aromatic carbocycles. The minimum Gasteiger partial charge on any atom is -0.496 e. The predicted molar refractivity (Wildman–Crippen MR) is 184 cm³/mol. The minimum atomic E-state index is -0.717. The van der Waals surface area contributed by atoms with Crippen molar-refractivity contribution in [3.63, 3.8) is 0 Å². The molecule has 1 aromatic rings. The highest BCUT2D eigenvalue weighted by Gasteiger charge is 2.38. The molecule has 0 fully saturated rings. The number of hydrogen-bond acceptors (Lipinski definition) is 6. The summed E-state index contributed by atoms with van der Waals surface area (Å²) in [6.07, 6.45) is 16.7. The summed E-state index contributed by atoms with van der Waals surface area (Å²) in [6.45, 7) is 16.6. The van der Waals surface area contributed by atoms with Crippen LogP contribution in [-0.4, -0.2) is 32.9 Å². The standard InChI is InChI=1S/C39H51N3O3/c1-10-12-21-42(22-13-11-2)32-20-19-29(35(23-32)43-8)17-18-31-25-38(4,5)24-30(37(31)44-9)15-14-16-34-33(27-41)36(28(3)26-40)45-39(34,6)7/h14-20,23H,10-13,21-22,24-25H2,1-9H3/b16-14+,18-17+,30-15+,36-28-. The molecule has 45 heavy (non-hydrogen) atoms. The van der Waals surface area contributed by atoms with Gasteiger partial charge in [0.15, 0.2) is 5.76 Å². The van der Waals surface area contributed by atoms with Gasteiger partial charge in [-0.2, -0.15) is 10.5 Å². The average Bonchev–Trinajstić information content (AvgIpc) is 3.28. The number of rotatable bonds is 13. The molecule has 1 aliphatic heterocycles. The highest BCUT2D eigenvalue weighted by atomic mass is 16.5. The van der Waals surface area contributed by atoms with Crippen LogP contribution in [0.15, 0.2) is 81.9 Å². The molecule has 240 valence electrons. The number of allylic oxidation sites excluding steroid dienone is 7. The zero-order valence-corrected chi connectivity index (χ0v) is 28.8. The Morgan fingerprint density at radius 1 is 0.978 bits per heavy atom. The Morgan fingerprint density at radius 2 is 1.67 bits per heavy atom. The van der Waals surface area contributed by atoms with Crippen molar-refractivity contribution in [2.75, 3.05) is 32.2 Å². The predicted octanol–water partition coefficient (Wildman–Crippen LogP) is 9.74. The molecule has 1 aliphatic carbocycles. The highest BCUT2D eigenvalue weighted by Crippen LogP contribution is 2.44. The fraction of sp³-hybridized carbons (Fsp3) is 0.487. The van der Waals surface area contributed by atoms with E-state index in [1.807, 2.05) is 26.0 Å². The summed E-state index contributed by atoms with van der Waals surface area (Å²) in [5.74, 6) is 2.09. The topological polar surface area (TPSA) is 78.5 Å². The van der Waals surface area contributed by atoms with Crippen LogP contribution in [-0.2, 0) is 9.47 Å². The van der Waals surface area contributed by atoms with Crippen molar-refractivity contribution in [1.29, 1.82) is 10.5 Å². The van der Waals surface area contributed by atoms with E-state index in [0.29, 0.717) is 16.9 Å². The Kier molecular flexibility index (Phi) is 12.3. The lowest BCUT2D eigenvalue weighted by Crippen LogP contribution is -2.25. The second-order valence-corrected chi connectivity index (χ2v) is 13.2. The fourth-order valence-corrected chi connectivity index (χ4v) is 6.04. The third-order valence-electron chi connectivity index (χ3n) is 8.42. The number of nitrogens with zero attached hydrogens (tertiary/aromatic N) is 3. The third kappa shape index (κ3) is 8.73. The SMILES string of the molecule is CCCCN(CCCC)c1ccc(/C=C/C2=C(OC)C(=C/C=C/C3=C(C#N)C(=C(\C)C#N)/OC3(C)C)/CC(C)(C)C2)c(OC)c1. The van der Waals surface area contributed by atoms with Crippen molar-refractivity contribution in [2.24, 2.45) is 5.41 Å². The molecular formula is C39H51N3O3. The van der Waals surface area contributed by atoms with Crippen LogP contribution in [0.3, 0.4) is 0 Å². The molecule has 6 nitrogen and oxygen atoms in total. The number of hydrogen-bond donors (Lipinski definition) is 0. The summed E-state index contributed by atoms with van der Waals surface area (Å²) in [7, 11) is 3.46. The van der Waals surface area contributed by atoms with Crippen LogP contribution in [0.4, 0.5) is 5.69 Å². The van der Waals surface area contributed by atoms with Gasteiger partial charge in [-0.05, 0) is 75.1 Å². The van der Waals surface area contributed by atoms with Crippen molar-refractivity contribution in [2.45, 2.75) is 92.6 Å². The van der Waals surface area contributed by atoms with Gasteiger partial charge in [-0.25, -0.2) is 0 Å². The number of unbranched alkanes of at least 4 members (excludes halogenated alkanes) is 2. The molecule has 0 amide bonds. The van der Waals surface area contributed by atoms with Crippen LogP contribution in [0.1, 0.15) is 92.6 Å². The maximum atomic E-state index is 9.89. The lowest BCUT2D eigenvalue weighted by molar-refractivity contribution is 0.0948. The van der Waals surface area contributed by atoms with E-state index >= 15 is 0 Å². The minimum absolute atomic E-state index is 0.0288. The van der Waals surface area contributed by atoms with E-state index < -0.39 is 5.60 Å². The van der Waals surface area contributed by atoms with E-state index in [9.17, 15) is 10.5 Å². The summed E-state index contributed by atoms with van der Waals surface area (Å²) in [5.41, 5.74) is 5.32. The van der Waals surface area contributed by atoms with Crippen LogP contribution < -0.4 is 9.64 Å². The van der Waals surface area contributed by atoms with Crippen LogP contribution in [0.2, 0.25) is 0 Å². The first-order valence-electron chi connectivity index (χ1n) is 16.2. The summed E-state index contributed by atoms with van der Waals surface area (Å²) in [5, 5.41) is 19.3. The number of nitriles is 2. The molecule has 0 spiro atoms. The third-order valence-corrected chi connectivity index (χ3v) is 8.42. The molecule has 0 atom stereocenters. The molecule has 0 saturated heterocycles. The van der Waals surface area contributed by atoms with E-state index in [2.05, 4.69) is 81.2 Å². The second-order valence-electron chi connectivity index (χ2n) is 13.2. The van der Waals surface area contributed by atoms with Gasteiger partial charge >= 0.3 is 0 Å². The molecule has 0 radical (unpaired) electrons. The molecular weight excluding hydrogens is 558 g/mol. The zero-order valence-electron chi connectivity index (χ0n) is 28.8. The summed E-state index contributed by atoms with van der Waals surface area (Å²) in [6, 6.07) is 10.9. The van der Waals surface area contributed by atoms with Crippen LogP contribution in [0.25, 0.3) is 6.08 Å². The Balaban J connectivity index is 1.98. The lowest BCUT2D eigenvalue weighted by Gasteiger charge is -2.33. The van der Waals surface area contributed by atoms with Gasteiger partial charge in [0.1, 0.15) is 28.8 Å². The van der Waals surface area contributed by atoms with Gasteiger partial charge in [0.05, 0.1) is 25.9 Å². The molecule has 0 bridgehead atoms. The number of anilines is 1. The van der Waals surface area contributed by atoms with Crippen molar-refractivity contribution in [3.05, 3.63) is 87.5 Å². The lowest BCUT2D eigenvalue weighted by atomic mass is 9.74. The smallest absolute Gasteiger partial charge is 0.152 e. The fourth-order valence-electron chi connectivity index (χ4n) is 6.04. The number of ether oxygens (including phenoxy) is 3. The van der Waals surface area contributed by atoms with Gasteiger partial charge in [-0.15, -0.1) is 0 Å². The maximum absolute atomic E-state index is 9.89. The molecule has 1 heterocycles. The van der Waals surface area contributed by atoms with Gasteiger partial charge in [0, 0.05) is 36.0 Å². The van der Waals surface area contributed by atoms with E-state index in [0.717, 1.165) is 59.7 Å². The van der Waals surface area contributed by atoms with Gasteiger partial charge in [-0.1, -0.05) is 70.9 Å². The Bertz CT molecular complexity index is 1490. The van der Waals surface area contributed by atoms with Gasteiger partial charge in [-0.3, -0.25) is 0 Å². The van der Waals surface area contributed by atoms with E-state index in [1.54, 1.807) is 21.1 Å². The molecule has 0 saturated carbocycles. The van der Waals surface area contributed by atoms with Crippen molar-refractivity contribution in [3.8, 4) is 17.9 Å². The van der Waals surface area contributed by atoms with E-state index in [4.69, 9.17) is 14.2 Å². The first kappa shape index (κ1) is 35.3. The number of methoxy groups -OCH3 is 2. The first-order chi connectivity index (χ1) is 21.4. The van der Waals surface area contributed by atoms with Crippen molar-refractivity contribution in [1.82, 2.24) is 0 Å². The highest BCUT2D eigenvalue weighted by molar-refractivity contribution is 5.66. The Labute approximate surface area is 271 Å². The van der Waals surface area contributed by atoms with E-state index in [1.165, 1.54) is 31.4 Å². The molecule has 6 heteroatoms. The van der Waals surface area contributed by atoms with Crippen molar-refractivity contribution >= 4 is 11.8 Å². The largest absolute Gasteiger partial charge is 0.496 e. The summed E-state index contributed by atoms with van der Waals surface area (Å²) in [4.78, 5) is 2.47. The maximum Gasteiger partial charge on any atom is 0.152 e.